The smallest absolute Gasteiger partial charge is 0.216 e. The van der Waals surface area contributed by atoms with Gasteiger partial charge in [0.25, 0.3) is 0 Å². The second-order valence-electron chi connectivity index (χ2n) is 7.00. The van der Waals surface area contributed by atoms with Crippen LogP contribution in [0.1, 0.15) is 18.3 Å². The summed E-state index contributed by atoms with van der Waals surface area (Å²) < 4.78 is 5.34. The lowest BCUT2D eigenvalue weighted by atomic mass is 10.2. The monoisotopic (exact) mass is 521 g/mol. The van der Waals surface area contributed by atoms with E-state index >= 15 is 0 Å². The lowest BCUT2D eigenvalue weighted by molar-refractivity contribution is 0.172. The summed E-state index contributed by atoms with van der Waals surface area (Å²) in [6.45, 7) is 8.30. The summed E-state index contributed by atoms with van der Waals surface area (Å²) in [5.74, 6) is 2.84. The number of piperazine rings is 1. The van der Waals surface area contributed by atoms with Crippen LogP contribution in [0.5, 0.6) is 0 Å². The van der Waals surface area contributed by atoms with Crippen molar-refractivity contribution in [3.8, 4) is 11.6 Å². The Balaban J connectivity index is 0.00000256. The number of aliphatic imine (C=N–C) groups is 1. The van der Waals surface area contributed by atoms with Crippen molar-refractivity contribution >= 4 is 29.9 Å². The number of rotatable bonds is 6. The van der Waals surface area contributed by atoms with Crippen molar-refractivity contribution in [3.63, 3.8) is 0 Å². The third kappa shape index (κ3) is 5.82. The van der Waals surface area contributed by atoms with Crippen LogP contribution in [-0.2, 0) is 13.1 Å². The number of nitrogens with one attached hydrogen (secondary N) is 2. The van der Waals surface area contributed by atoms with E-state index in [1.807, 2.05) is 12.1 Å². The van der Waals surface area contributed by atoms with Gasteiger partial charge in [-0.05, 0) is 24.6 Å². The van der Waals surface area contributed by atoms with Crippen LogP contribution in [-0.4, -0.2) is 63.7 Å². The minimum absolute atomic E-state index is 0. The van der Waals surface area contributed by atoms with Gasteiger partial charge in [-0.15, -0.1) is 29.1 Å². The first-order valence-electron chi connectivity index (χ1n) is 10.1. The number of aromatic amines is 1. The van der Waals surface area contributed by atoms with Gasteiger partial charge < -0.3 is 14.6 Å². The Morgan fingerprint density at radius 2 is 1.93 bits per heavy atom. The number of nitrogens with zero attached hydrogens (tertiary/aromatic N) is 5. The molecule has 3 heterocycles. The summed E-state index contributed by atoms with van der Waals surface area (Å²) in [6, 6.07) is 14.3. The standard InChI is InChI=1S/C21H27N7O.HI/c1-2-22-21(23-15-19-24-20(26-25-19)18-9-6-14-29-18)28-12-10-27(11-13-28)16-17-7-4-3-5-8-17;/h3-9,14H,2,10-13,15-16H2,1H3,(H,22,23)(H,24,25,26);1H. The first-order chi connectivity index (χ1) is 14.3. The average molecular weight is 521 g/mol. The number of benzene rings is 1. The number of guanidine groups is 1. The van der Waals surface area contributed by atoms with E-state index in [1.165, 1.54) is 5.56 Å². The summed E-state index contributed by atoms with van der Waals surface area (Å²) in [5.41, 5.74) is 1.36. The Hall–Kier alpha value is -2.40. The normalized spacial score (nSPS) is 15.1. The van der Waals surface area contributed by atoms with Gasteiger partial charge in [0.15, 0.2) is 11.7 Å². The fraction of sp³-hybridized carbons (Fsp3) is 0.381. The van der Waals surface area contributed by atoms with Crippen molar-refractivity contribution in [2.45, 2.75) is 20.0 Å². The minimum atomic E-state index is 0. The van der Waals surface area contributed by atoms with E-state index in [2.05, 4.69) is 67.6 Å². The lowest BCUT2D eigenvalue weighted by Crippen LogP contribution is -2.52. The Kier molecular flexibility index (Phi) is 8.26. The fourth-order valence-electron chi connectivity index (χ4n) is 3.42. The molecule has 0 saturated carbocycles. The highest BCUT2D eigenvalue weighted by molar-refractivity contribution is 14.0. The van der Waals surface area contributed by atoms with Crippen molar-refractivity contribution in [1.29, 1.82) is 0 Å². The average Bonchev–Trinajstić information content (AvgIpc) is 3.44. The highest BCUT2D eigenvalue weighted by Crippen LogP contribution is 2.14. The molecule has 160 valence electrons. The molecule has 4 rings (SSSR count). The Morgan fingerprint density at radius 1 is 1.13 bits per heavy atom. The molecule has 1 aromatic carbocycles. The molecule has 2 aromatic heterocycles. The molecule has 0 amide bonds. The third-order valence-electron chi connectivity index (χ3n) is 4.91. The number of H-pyrrole nitrogens is 1. The Morgan fingerprint density at radius 3 is 2.63 bits per heavy atom. The van der Waals surface area contributed by atoms with Gasteiger partial charge in [-0.25, -0.2) is 9.98 Å². The van der Waals surface area contributed by atoms with Crippen molar-refractivity contribution in [3.05, 3.63) is 60.1 Å². The SMILES string of the molecule is CCNC(=NCc1nc(-c2ccco2)n[nH]1)N1CCN(Cc2ccccc2)CC1.I. The number of halogens is 1. The van der Waals surface area contributed by atoms with Crippen LogP contribution in [0.25, 0.3) is 11.6 Å². The van der Waals surface area contributed by atoms with Gasteiger partial charge in [0.1, 0.15) is 12.4 Å². The molecule has 3 aromatic rings. The molecular weight excluding hydrogens is 493 g/mol. The first kappa shape index (κ1) is 22.3. The summed E-state index contributed by atoms with van der Waals surface area (Å²) in [4.78, 5) is 14.0. The molecule has 8 nitrogen and oxygen atoms in total. The molecule has 0 aliphatic carbocycles. The molecule has 1 saturated heterocycles. The molecule has 9 heteroatoms. The Bertz CT molecular complexity index is 903. The zero-order valence-corrected chi connectivity index (χ0v) is 19.5. The highest BCUT2D eigenvalue weighted by atomic mass is 127. The number of aromatic nitrogens is 3. The zero-order valence-electron chi connectivity index (χ0n) is 17.1. The van der Waals surface area contributed by atoms with Crippen LogP contribution in [0, 0.1) is 0 Å². The molecule has 0 unspecified atom stereocenters. The van der Waals surface area contributed by atoms with Gasteiger partial charge in [0.05, 0.1) is 6.26 Å². The summed E-state index contributed by atoms with van der Waals surface area (Å²) in [7, 11) is 0. The van der Waals surface area contributed by atoms with Crippen LogP contribution in [0.15, 0.2) is 58.1 Å². The van der Waals surface area contributed by atoms with Crippen LogP contribution in [0.3, 0.4) is 0 Å². The summed E-state index contributed by atoms with van der Waals surface area (Å²) >= 11 is 0. The van der Waals surface area contributed by atoms with Crippen LogP contribution >= 0.6 is 24.0 Å². The zero-order chi connectivity index (χ0) is 19.9. The van der Waals surface area contributed by atoms with E-state index in [-0.39, 0.29) is 24.0 Å². The molecule has 1 aliphatic heterocycles. The highest BCUT2D eigenvalue weighted by Gasteiger charge is 2.19. The van der Waals surface area contributed by atoms with Gasteiger partial charge in [-0.3, -0.25) is 10.00 Å². The molecule has 0 spiro atoms. The van der Waals surface area contributed by atoms with E-state index < -0.39 is 0 Å². The van der Waals surface area contributed by atoms with E-state index in [9.17, 15) is 0 Å². The van der Waals surface area contributed by atoms with Crippen molar-refractivity contribution in [1.82, 2.24) is 30.3 Å². The predicted octanol–water partition coefficient (Wildman–Crippen LogP) is 2.97. The molecule has 2 N–H and O–H groups in total. The van der Waals surface area contributed by atoms with Crippen LogP contribution in [0.2, 0.25) is 0 Å². The maximum absolute atomic E-state index is 5.34. The maximum atomic E-state index is 5.34. The largest absolute Gasteiger partial charge is 0.461 e. The maximum Gasteiger partial charge on any atom is 0.216 e. The fourth-order valence-corrected chi connectivity index (χ4v) is 3.42. The Labute approximate surface area is 193 Å². The number of hydrogen-bond acceptors (Lipinski definition) is 5. The molecule has 0 radical (unpaired) electrons. The van der Waals surface area contributed by atoms with Crippen molar-refractivity contribution in [2.24, 2.45) is 4.99 Å². The molecule has 30 heavy (non-hydrogen) atoms. The summed E-state index contributed by atoms with van der Waals surface area (Å²) in [5, 5.41) is 10.5. The molecule has 0 atom stereocenters. The van der Waals surface area contributed by atoms with E-state index in [4.69, 9.17) is 9.41 Å². The first-order valence-corrected chi connectivity index (χ1v) is 10.1. The third-order valence-corrected chi connectivity index (χ3v) is 4.91. The van der Waals surface area contributed by atoms with Gasteiger partial charge in [0, 0.05) is 39.3 Å². The lowest BCUT2D eigenvalue weighted by Gasteiger charge is -2.36. The van der Waals surface area contributed by atoms with E-state index in [0.29, 0.717) is 18.1 Å². The molecular formula is C21H28IN7O. The van der Waals surface area contributed by atoms with Crippen molar-refractivity contribution in [2.75, 3.05) is 32.7 Å². The topological polar surface area (TPSA) is 85.6 Å². The number of hydrogen-bond donors (Lipinski definition) is 2. The van der Waals surface area contributed by atoms with Gasteiger partial charge in [-0.2, -0.15) is 0 Å². The quantitative estimate of drug-likeness (QED) is 0.295. The molecule has 1 fully saturated rings. The number of furan rings is 1. The van der Waals surface area contributed by atoms with E-state index in [0.717, 1.165) is 51.1 Å². The predicted molar refractivity (Wildman–Crippen MR) is 128 cm³/mol. The minimum Gasteiger partial charge on any atom is -0.461 e. The van der Waals surface area contributed by atoms with Crippen molar-refractivity contribution < 1.29 is 4.42 Å². The second-order valence-corrected chi connectivity index (χ2v) is 7.00. The van der Waals surface area contributed by atoms with Gasteiger partial charge in [0.2, 0.25) is 5.82 Å². The van der Waals surface area contributed by atoms with Gasteiger partial charge in [-0.1, -0.05) is 30.3 Å². The summed E-state index contributed by atoms with van der Waals surface area (Å²) in [6.07, 6.45) is 1.62. The van der Waals surface area contributed by atoms with Crippen LogP contribution in [0.4, 0.5) is 0 Å². The second kappa shape index (κ2) is 11.1. The van der Waals surface area contributed by atoms with Crippen LogP contribution < -0.4 is 5.32 Å². The molecule has 0 bridgehead atoms. The molecule has 1 aliphatic rings. The van der Waals surface area contributed by atoms with E-state index in [1.54, 1.807) is 6.26 Å². The van der Waals surface area contributed by atoms with Gasteiger partial charge >= 0.3 is 0 Å².